The molecule has 5 heteroatoms. The number of nitrogens with one attached hydrogen (secondary N) is 1. The van der Waals surface area contributed by atoms with E-state index in [2.05, 4.69) is 60.4 Å². The minimum atomic E-state index is 0.190. The van der Waals surface area contributed by atoms with Crippen molar-refractivity contribution in [2.75, 3.05) is 52.7 Å². The molecule has 0 bridgehead atoms. The summed E-state index contributed by atoms with van der Waals surface area (Å²) in [6.07, 6.45) is 2.18. The molecule has 1 aliphatic heterocycles. The van der Waals surface area contributed by atoms with Crippen molar-refractivity contribution in [3.8, 4) is 0 Å². The van der Waals surface area contributed by atoms with Gasteiger partial charge >= 0.3 is 0 Å². The van der Waals surface area contributed by atoms with Crippen LogP contribution in [0.4, 0.5) is 5.69 Å². The van der Waals surface area contributed by atoms with Crippen LogP contribution in [0.2, 0.25) is 0 Å². The predicted molar refractivity (Wildman–Crippen MR) is 100 cm³/mol. The Hall–Kier alpha value is -1.59. The van der Waals surface area contributed by atoms with Crippen LogP contribution in [-0.4, -0.2) is 69.6 Å². The number of hydrogen-bond donors (Lipinski definition) is 1. The van der Waals surface area contributed by atoms with Crippen LogP contribution >= 0.6 is 0 Å². The monoisotopic (exact) mass is 332 g/mol. The van der Waals surface area contributed by atoms with Gasteiger partial charge in [0.05, 0.1) is 6.54 Å². The molecule has 24 heavy (non-hydrogen) atoms. The van der Waals surface area contributed by atoms with Gasteiger partial charge in [-0.05, 0) is 31.4 Å². The lowest BCUT2D eigenvalue weighted by Gasteiger charge is -2.34. The Labute approximate surface area is 146 Å². The maximum Gasteiger partial charge on any atom is 0.236 e. The highest BCUT2D eigenvalue weighted by atomic mass is 16.2. The van der Waals surface area contributed by atoms with E-state index < -0.39 is 0 Å². The van der Waals surface area contributed by atoms with Crippen molar-refractivity contribution >= 4 is 11.6 Å². The summed E-state index contributed by atoms with van der Waals surface area (Å²) in [6, 6.07) is 9.41. The summed E-state index contributed by atoms with van der Waals surface area (Å²) in [5, 5.41) is 3.78. The standard InChI is InChI=1S/C19H32N4O/c1-15(17-8-6-7-9-18(17)21(2)3)20-16-10-12-23(13-11-16)14-19(24)22(4)5/h6-9,15-16,20H,10-14H2,1-5H3/t15-/m1/s1. The smallest absolute Gasteiger partial charge is 0.236 e. The third kappa shape index (κ3) is 4.95. The van der Waals surface area contributed by atoms with Gasteiger partial charge in [0.15, 0.2) is 0 Å². The van der Waals surface area contributed by atoms with Crippen LogP contribution in [0.3, 0.4) is 0 Å². The number of likely N-dealkylation sites (N-methyl/N-ethyl adjacent to an activating group) is 1. The quantitative estimate of drug-likeness (QED) is 0.864. The number of likely N-dealkylation sites (tertiary alicyclic amines) is 1. The van der Waals surface area contributed by atoms with Gasteiger partial charge in [0.25, 0.3) is 0 Å². The second-order valence-electron chi connectivity index (χ2n) is 7.18. The van der Waals surface area contributed by atoms with Crippen LogP contribution in [-0.2, 0) is 4.79 Å². The van der Waals surface area contributed by atoms with Crippen molar-refractivity contribution in [3.63, 3.8) is 0 Å². The minimum absolute atomic E-state index is 0.190. The molecule has 0 spiro atoms. The van der Waals surface area contributed by atoms with E-state index in [4.69, 9.17) is 0 Å². The molecule has 1 fully saturated rings. The Kier molecular flexibility index (Phi) is 6.63. The summed E-state index contributed by atoms with van der Waals surface area (Å²) >= 11 is 0. The molecule has 5 nitrogen and oxygen atoms in total. The van der Waals surface area contributed by atoms with Crippen molar-refractivity contribution in [1.29, 1.82) is 0 Å². The SMILES string of the molecule is C[C@@H](NC1CCN(CC(=O)N(C)C)CC1)c1ccccc1N(C)C. The average molecular weight is 332 g/mol. The molecule has 1 aromatic rings. The van der Waals surface area contributed by atoms with E-state index in [0.29, 0.717) is 18.6 Å². The van der Waals surface area contributed by atoms with Gasteiger partial charge in [-0.3, -0.25) is 9.69 Å². The maximum absolute atomic E-state index is 11.8. The number of rotatable bonds is 6. The van der Waals surface area contributed by atoms with Crippen molar-refractivity contribution in [2.45, 2.75) is 31.8 Å². The zero-order valence-electron chi connectivity index (χ0n) is 15.7. The number of nitrogens with zero attached hydrogens (tertiary/aromatic N) is 3. The molecule has 1 saturated heterocycles. The molecular weight excluding hydrogens is 300 g/mol. The Morgan fingerprint density at radius 2 is 1.83 bits per heavy atom. The Balaban J connectivity index is 1.87. The normalized spacial score (nSPS) is 17.5. The molecule has 1 aromatic carbocycles. The number of carbonyl (C=O) groups excluding carboxylic acids is 1. The summed E-state index contributed by atoms with van der Waals surface area (Å²) in [7, 11) is 7.82. The summed E-state index contributed by atoms with van der Waals surface area (Å²) in [5.74, 6) is 0.190. The number of hydrogen-bond acceptors (Lipinski definition) is 4. The van der Waals surface area contributed by atoms with Crippen LogP contribution in [0.1, 0.15) is 31.4 Å². The van der Waals surface area contributed by atoms with Crippen LogP contribution in [0.25, 0.3) is 0 Å². The van der Waals surface area contributed by atoms with Gasteiger partial charge in [-0.2, -0.15) is 0 Å². The van der Waals surface area contributed by atoms with Crippen molar-refractivity contribution in [1.82, 2.24) is 15.1 Å². The third-order valence-electron chi connectivity index (χ3n) is 4.82. The van der Waals surface area contributed by atoms with Gasteiger partial charge in [0.1, 0.15) is 0 Å². The lowest BCUT2D eigenvalue weighted by atomic mass is 10.0. The average Bonchev–Trinajstić information content (AvgIpc) is 2.56. The number of piperidine rings is 1. The fraction of sp³-hybridized carbons (Fsp3) is 0.632. The van der Waals surface area contributed by atoms with Crippen LogP contribution in [0.5, 0.6) is 0 Å². The number of benzene rings is 1. The van der Waals surface area contributed by atoms with E-state index in [1.54, 1.807) is 4.90 Å². The lowest BCUT2D eigenvalue weighted by molar-refractivity contribution is -0.130. The highest BCUT2D eigenvalue weighted by Crippen LogP contribution is 2.26. The second kappa shape index (κ2) is 8.49. The second-order valence-corrected chi connectivity index (χ2v) is 7.18. The van der Waals surface area contributed by atoms with Gasteiger partial charge in [0.2, 0.25) is 5.91 Å². The Bertz CT molecular complexity index is 536. The summed E-state index contributed by atoms with van der Waals surface area (Å²) in [5.41, 5.74) is 2.61. The van der Waals surface area contributed by atoms with Crippen molar-refractivity contribution in [3.05, 3.63) is 29.8 Å². The van der Waals surface area contributed by atoms with E-state index >= 15 is 0 Å². The van der Waals surface area contributed by atoms with E-state index in [1.165, 1.54) is 11.3 Å². The van der Waals surface area contributed by atoms with Crippen molar-refractivity contribution in [2.24, 2.45) is 0 Å². The molecule has 0 aliphatic carbocycles. The number of carbonyl (C=O) groups is 1. The molecule has 0 saturated carbocycles. The molecule has 1 amide bonds. The summed E-state index contributed by atoms with van der Waals surface area (Å²) < 4.78 is 0. The first-order valence-corrected chi connectivity index (χ1v) is 8.83. The number of amides is 1. The Morgan fingerprint density at radius 3 is 2.42 bits per heavy atom. The van der Waals surface area contributed by atoms with E-state index in [-0.39, 0.29) is 5.91 Å². The van der Waals surface area contributed by atoms with Gasteiger partial charge < -0.3 is 15.1 Å². The maximum atomic E-state index is 11.8. The molecule has 1 heterocycles. The predicted octanol–water partition coefficient (Wildman–Crippen LogP) is 1.96. The molecule has 0 aromatic heterocycles. The molecule has 1 atom stereocenters. The summed E-state index contributed by atoms with van der Waals surface area (Å²) in [6.45, 7) is 4.75. The van der Waals surface area contributed by atoms with Gasteiger partial charge in [0, 0.05) is 59.1 Å². The van der Waals surface area contributed by atoms with E-state index in [1.807, 2.05) is 14.1 Å². The van der Waals surface area contributed by atoms with Gasteiger partial charge in [-0.15, -0.1) is 0 Å². The van der Waals surface area contributed by atoms with Crippen molar-refractivity contribution < 1.29 is 4.79 Å². The first-order chi connectivity index (χ1) is 11.4. The lowest BCUT2D eigenvalue weighted by Crippen LogP contribution is -2.46. The largest absolute Gasteiger partial charge is 0.377 e. The molecule has 0 unspecified atom stereocenters. The first kappa shape index (κ1) is 18.7. The zero-order valence-corrected chi connectivity index (χ0v) is 15.7. The summed E-state index contributed by atoms with van der Waals surface area (Å²) in [4.78, 5) is 17.9. The molecule has 1 N–H and O–H groups in total. The topological polar surface area (TPSA) is 38.8 Å². The fourth-order valence-corrected chi connectivity index (χ4v) is 3.29. The molecule has 0 radical (unpaired) electrons. The van der Waals surface area contributed by atoms with E-state index in [9.17, 15) is 4.79 Å². The third-order valence-corrected chi connectivity index (χ3v) is 4.82. The van der Waals surface area contributed by atoms with Gasteiger partial charge in [-0.25, -0.2) is 0 Å². The van der Waals surface area contributed by atoms with Crippen LogP contribution < -0.4 is 10.2 Å². The Morgan fingerprint density at radius 1 is 1.21 bits per heavy atom. The molecular formula is C19H32N4O. The highest BCUT2D eigenvalue weighted by molar-refractivity contribution is 5.77. The minimum Gasteiger partial charge on any atom is -0.377 e. The molecule has 1 aliphatic rings. The zero-order chi connectivity index (χ0) is 17.7. The number of anilines is 1. The molecule has 134 valence electrons. The van der Waals surface area contributed by atoms with Gasteiger partial charge in [-0.1, -0.05) is 18.2 Å². The molecule has 2 rings (SSSR count). The first-order valence-electron chi connectivity index (χ1n) is 8.83. The van der Waals surface area contributed by atoms with E-state index in [0.717, 1.165) is 25.9 Å². The van der Waals surface area contributed by atoms with Crippen LogP contribution in [0.15, 0.2) is 24.3 Å². The fourth-order valence-electron chi connectivity index (χ4n) is 3.29. The van der Waals surface area contributed by atoms with Crippen LogP contribution in [0, 0.1) is 0 Å². The number of para-hydroxylation sites is 1. The highest BCUT2D eigenvalue weighted by Gasteiger charge is 2.23.